The number of thioether (sulfide) groups is 1. The van der Waals surface area contributed by atoms with E-state index >= 15 is 0 Å². The van der Waals surface area contributed by atoms with Crippen molar-refractivity contribution in [1.29, 1.82) is 0 Å². The highest BCUT2D eigenvalue weighted by Gasteiger charge is 2.16. The van der Waals surface area contributed by atoms with Crippen LogP contribution >= 0.6 is 11.8 Å². The molecule has 0 fully saturated rings. The Hall–Kier alpha value is -1.08. The standard InChI is InChI=1S/C14H21FN2O2S2/c1-14(2,20-3)10-17-13(18)16-8-9-21(19)12-7-5-4-6-11(12)15/h4-7H,8-10H2,1-3H3,(H2,16,17,18)/t21-/m0/s1. The van der Waals surface area contributed by atoms with E-state index in [9.17, 15) is 13.4 Å². The second kappa shape index (κ2) is 8.38. The minimum atomic E-state index is -1.46. The number of urea groups is 1. The van der Waals surface area contributed by atoms with Gasteiger partial charge in [0.25, 0.3) is 0 Å². The molecule has 0 aromatic heterocycles. The largest absolute Gasteiger partial charge is 0.337 e. The summed E-state index contributed by atoms with van der Waals surface area (Å²) in [7, 11) is -1.46. The first-order chi connectivity index (χ1) is 9.85. The smallest absolute Gasteiger partial charge is 0.314 e. The van der Waals surface area contributed by atoms with Crippen LogP contribution in [0, 0.1) is 5.82 Å². The molecule has 1 aromatic carbocycles. The second-order valence-electron chi connectivity index (χ2n) is 5.05. The number of carbonyl (C=O) groups excluding carboxylic acids is 1. The van der Waals surface area contributed by atoms with Crippen molar-refractivity contribution >= 4 is 28.6 Å². The average Bonchev–Trinajstić information content (AvgIpc) is 2.45. The molecule has 0 radical (unpaired) electrons. The molecule has 1 aromatic rings. The molecule has 0 saturated carbocycles. The van der Waals surface area contributed by atoms with Crippen molar-refractivity contribution in [3.05, 3.63) is 30.1 Å². The Balaban J connectivity index is 2.32. The van der Waals surface area contributed by atoms with Gasteiger partial charge < -0.3 is 10.6 Å². The van der Waals surface area contributed by atoms with E-state index in [-0.39, 0.29) is 28.0 Å². The van der Waals surface area contributed by atoms with Crippen LogP contribution in [0.25, 0.3) is 0 Å². The number of rotatable bonds is 7. The third-order valence-corrected chi connectivity index (χ3v) is 5.53. The van der Waals surface area contributed by atoms with Gasteiger partial charge in [0.1, 0.15) is 5.82 Å². The van der Waals surface area contributed by atoms with Crippen molar-refractivity contribution in [3.8, 4) is 0 Å². The zero-order valence-corrected chi connectivity index (χ0v) is 14.1. The van der Waals surface area contributed by atoms with Crippen LogP contribution in [0.2, 0.25) is 0 Å². The van der Waals surface area contributed by atoms with Crippen molar-refractivity contribution in [3.63, 3.8) is 0 Å². The van der Waals surface area contributed by atoms with Crippen LogP contribution in [-0.2, 0) is 10.8 Å². The first-order valence-electron chi connectivity index (χ1n) is 6.55. The predicted octanol–water partition coefficient (Wildman–Crippen LogP) is 2.37. The van der Waals surface area contributed by atoms with Crippen LogP contribution in [0.3, 0.4) is 0 Å². The van der Waals surface area contributed by atoms with Crippen LogP contribution in [0.4, 0.5) is 9.18 Å². The number of benzene rings is 1. The summed E-state index contributed by atoms with van der Waals surface area (Å²) in [6.07, 6.45) is 1.98. The van der Waals surface area contributed by atoms with Crippen molar-refractivity contribution in [1.82, 2.24) is 10.6 Å². The highest BCUT2D eigenvalue weighted by atomic mass is 32.2. The maximum absolute atomic E-state index is 13.4. The molecule has 0 spiro atoms. The Morgan fingerprint density at radius 3 is 2.62 bits per heavy atom. The minimum absolute atomic E-state index is 0.0344. The Labute approximate surface area is 131 Å². The van der Waals surface area contributed by atoms with Gasteiger partial charge in [-0.05, 0) is 32.2 Å². The van der Waals surface area contributed by atoms with Gasteiger partial charge in [-0.3, -0.25) is 4.21 Å². The van der Waals surface area contributed by atoms with Gasteiger partial charge in [-0.25, -0.2) is 9.18 Å². The molecule has 2 amide bonds. The summed E-state index contributed by atoms with van der Waals surface area (Å²) in [5.74, 6) is -0.303. The van der Waals surface area contributed by atoms with Crippen molar-refractivity contribution in [2.45, 2.75) is 23.5 Å². The molecule has 0 aliphatic rings. The van der Waals surface area contributed by atoms with Crippen LogP contribution in [0.5, 0.6) is 0 Å². The quantitative estimate of drug-likeness (QED) is 0.806. The fourth-order valence-corrected chi connectivity index (χ4v) is 2.66. The molecular weight excluding hydrogens is 311 g/mol. The highest BCUT2D eigenvalue weighted by molar-refractivity contribution is 7.99. The number of hydrogen-bond acceptors (Lipinski definition) is 3. The van der Waals surface area contributed by atoms with Crippen LogP contribution in [-0.4, -0.2) is 40.1 Å². The molecule has 118 valence electrons. The lowest BCUT2D eigenvalue weighted by atomic mass is 10.2. The maximum atomic E-state index is 13.4. The Kier molecular flexibility index (Phi) is 7.17. The molecule has 1 rings (SSSR count). The Morgan fingerprint density at radius 1 is 1.33 bits per heavy atom. The molecule has 7 heteroatoms. The molecule has 0 heterocycles. The van der Waals surface area contributed by atoms with Crippen LogP contribution in [0.15, 0.2) is 29.2 Å². The number of carbonyl (C=O) groups is 1. The summed E-state index contributed by atoms with van der Waals surface area (Å²) in [4.78, 5) is 11.8. The predicted molar refractivity (Wildman–Crippen MR) is 86.7 cm³/mol. The Morgan fingerprint density at radius 2 is 2.00 bits per heavy atom. The molecular formula is C14H21FN2O2S2. The van der Waals surface area contributed by atoms with Gasteiger partial charge in [0.15, 0.2) is 0 Å². The SMILES string of the molecule is CSC(C)(C)CNC(=O)NCC[S@](=O)c1ccccc1F. The molecule has 0 saturated heterocycles. The first kappa shape index (κ1) is 18.0. The van der Waals surface area contributed by atoms with E-state index in [1.807, 2.05) is 20.1 Å². The van der Waals surface area contributed by atoms with E-state index < -0.39 is 16.6 Å². The molecule has 1 atom stereocenters. The Bertz CT molecular complexity index is 510. The zero-order chi connectivity index (χ0) is 15.9. The lowest BCUT2D eigenvalue weighted by Crippen LogP contribution is -2.43. The van der Waals surface area contributed by atoms with E-state index in [1.54, 1.807) is 23.9 Å². The van der Waals surface area contributed by atoms with Gasteiger partial charge in [0.05, 0.1) is 15.7 Å². The number of halogens is 1. The zero-order valence-electron chi connectivity index (χ0n) is 12.4. The van der Waals surface area contributed by atoms with Crippen molar-refractivity contribution in [2.75, 3.05) is 25.1 Å². The molecule has 0 aliphatic heterocycles. The average molecular weight is 332 g/mol. The lowest BCUT2D eigenvalue weighted by molar-refractivity contribution is 0.240. The van der Waals surface area contributed by atoms with E-state index in [1.165, 1.54) is 12.1 Å². The van der Waals surface area contributed by atoms with Gasteiger partial charge in [-0.1, -0.05) is 12.1 Å². The normalized spacial score (nSPS) is 12.8. The molecule has 2 N–H and O–H groups in total. The molecule has 0 unspecified atom stereocenters. The lowest BCUT2D eigenvalue weighted by Gasteiger charge is -2.22. The topological polar surface area (TPSA) is 58.2 Å². The molecule has 4 nitrogen and oxygen atoms in total. The fourth-order valence-electron chi connectivity index (χ4n) is 1.42. The fraction of sp³-hybridized carbons (Fsp3) is 0.500. The summed E-state index contributed by atoms with van der Waals surface area (Å²) in [5, 5.41) is 5.38. The molecule has 0 bridgehead atoms. The van der Waals surface area contributed by atoms with E-state index in [0.717, 1.165) is 0 Å². The summed E-state index contributed by atoms with van der Waals surface area (Å²) in [6, 6.07) is 5.66. The molecule has 21 heavy (non-hydrogen) atoms. The van der Waals surface area contributed by atoms with Gasteiger partial charge >= 0.3 is 6.03 Å². The third kappa shape index (κ3) is 6.48. The van der Waals surface area contributed by atoms with E-state index in [0.29, 0.717) is 6.54 Å². The summed E-state index contributed by atoms with van der Waals surface area (Å²) in [6.45, 7) is 4.83. The van der Waals surface area contributed by atoms with Crippen LogP contribution < -0.4 is 10.6 Å². The highest BCUT2D eigenvalue weighted by Crippen LogP contribution is 2.19. The van der Waals surface area contributed by atoms with E-state index in [4.69, 9.17) is 0 Å². The molecule has 0 aliphatic carbocycles. The van der Waals surface area contributed by atoms with Gasteiger partial charge in [-0.15, -0.1) is 0 Å². The second-order valence-corrected chi connectivity index (χ2v) is 8.11. The van der Waals surface area contributed by atoms with Gasteiger partial charge in [0.2, 0.25) is 0 Å². The summed E-state index contributed by atoms with van der Waals surface area (Å²) >= 11 is 1.66. The van der Waals surface area contributed by atoms with Crippen LogP contribution in [0.1, 0.15) is 13.8 Å². The monoisotopic (exact) mass is 332 g/mol. The van der Waals surface area contributed by atoms with E-state index in [2.05, 4.69) is 10.6 Å². The number of nitrogens with one attached hydrogen (secondary N) is 2. The summed E-state index contributed by atoms with van der Waals surface area (Å²) < 4.78 is 25.3. The van der Waals surface area contributed by atoms with Gasteiger partial charge in [0, 0.05) is 23.6 Å². The first-order valence-corrected chi connectivity index (χ1v) is 9.10. The minimum Gasteiger partial charge on any atom is -0.337 e. The maximum Gasteiger partial charge on any atom is 0.314 e. The van der Waals surface area contributed by atoms with Gasteiger partial charge in [-0.2, -0.15) is 11.8 Å². The van der Waals surface area contributed by atoms with Crippen molar-refractivity contribution < 1.29 is 13.4 Å². The van der Waals surface area contributed by atoms with Crippen molar-refractivity contribution in [2.24, 2.45) is 0 Å². The summed E-state index contributed by atoms with van der Waals surface area (Å²) in [5.41, 5.74) is 0. The number of hydrogen-bond donors (Lipinski definition) is 2. The number of amides is 2. The third-order valence-electron chi connectivity index (χ3n) is 2.88.